The van der Waals surface area contributed by atoms with E-state index in [0.717, 1.165) is 0 Å². The van der Waals surface area contributed by atoms with E-state index < -0.39 is 9.84 Å². The number of sulfone groups is 1. The van der Waals surface area contributed by atoms with Gasteiger partial charge in [0, 0.05) is 20.1 Å². The Morgan fingerprint density at radius 1 is 0.917 bits per heavy atom. The first-order valence-electron chi connectivity index (χ1n) is 8.24. The van der Waals surface area contributed by atoms with Gasteiger partial charge in [-0.15, -0.1) is 0 Å². The Kier molecular flexibility index (Phi) is 5.04. The molecule has 1 aliphatic rings. The Morgan fingerprint density at radius 3 is 1.79 bits per heavy atom. The molecule has 3 rings (SSSR count). The predicted octanol–water partition coefficient (Wildman–Crippen LogP) is 2.74. The van der Waals surface area contributed by atoms with Crippen molar-refractivity contribution < 1.29 is 8.42 Å². The summed E-state index contributed by atoms with van der Waals surface area (Å²) in [7, 11) is 1.04. The summed E-state index contributed by atoms with van der Waals surface area (Å²) < 4.78 is 24.0. The first-order chi connectivity index (χ1) is 11.5. The lowest BCUT2D eigenvalue weighted by Gasteiger charge is -2.41. The lowest BCUT2D eigenvalue weighted by Crippen LogP contribution is -2.48. The van der Waals surface area contributed by atoms with Crippen molar-refractivity contribution in [2.75, 3.05) is 25.6 Å². The van der Waals surface area contributed by atoms with E-state index in [0.29, 0.717) is 6.42 Å². The highest BCUT2D eigenvalue weighted by Gasteiger charge is 2.37. The van der Waals surface area contributed by atoms with Gasteiger partial charge in [0.05, 0.1) is 17.5 Å². The van der Waals surface area contributed by atoms with E-state index in [1.54, 1.807) is 0 Å². The molecular weight excluding hydrogens is 320 g/mol. The number of hydrogen-bond donors (Lipinski definition) is 0. The Bertz CT molecular complexity index is 721. The van der Waals surface area contributed by atoms with E-state index >= 15 is 0 Å². The summed E-state index contributed by atoms with van der Waals surface area (Å²) in [5.74, 6) is 0.500. The molecule has 4 nitrogen and oxygen atoms in total. The minimum atomic E-state index is -2.94. The normalized spacial score (nSPS) is 20.1. The van der Waals surface area contributed by atoms with Crippen LogP contribution in [-0.4, -0.2) is 50.1 Å². The molecule has 0 amide bonds. The van der Waals surface area contributed by atoms with Crippen LogP contribution in [0.4, 0.5) is 0 Å². The number of hydrogen-bond acceptors (Lipinski definition) is 4. The Morgan fingerprint density at radius 2 is 1.42 bits per heavy atom. The molecule has 24 heavy (non-hydrogen) atoms. The molecule has 1 atom stereocenters. The zero-order valence-corrected chi connectivity index (χ0v) is 15.0. The van der Waals surface area contributed by atoms with Crippen molar-refractivity contribution in [3.05, 3.63) is 71.8 Å². The third-order valence-electron chi connectivity index (χ3n) is 4.54. The molecule has 0 radical (unpaired) electrons. The molecule has 1 heterocycles. The third kappa shape index (κ3) is 3.69. The summed E-state index contributed by atoms with van der Waals surface area (Å²) >= 11 is 0. The fraction of sp³-hybridized carbons (Fsp3) is 0.368. The zero-order chi connectivity index (χ0) is 17.2. The second-order valence-electron chi connectivity index (χ2n) is 6.51. The number of rotatable bonds is 5. The van der Waals surface area contributed by atoms with Gasteiger partial charge in [-0.05, 0) is 17.5 Å². The average Bonchev–Trinajstić information content (AvgIpc) is 2.93. The molecule has 0 N–H and O–H groups in total. The molecule has 128 valence electrons. The molecule has 1 aliphatic heterocycles. The van der Waals surface area contributed by atoms with Crippen molar-refractivity contribution in [1.29, 1.82) is 0 Å². The quantitative estimate of drug-likeness (QED) is 0.782. The number of benzene rings is 2. The average molecular weight is 344 g/mol. The van der Waals surface area contributed by atoms with Crippen molar-refractivity contribution in [1.82, 2.24) is 10.0 Å². The molecular formula is C19H24N2O2S. The smallest absolute Gasteiger partial charge is 0.151 e. The van der Waals surface area contributed by atoms with Crippen molar-refractivity contribution in [3.63, 3.8) is 0 Å². The van der Waals surface area contributed by atoms with Gasteiger partial charge in [0.1, 0.15) is 0 Å². The summed E-state index contributed by atoms with van der Waals surface area (Å²) in [4.78, 5) is 0. The minimum absolute atomic E-state index is 0.000648. The van der Waals surface area contributed by atoms with E-state index in [1.165, 1.54) is 11.1 Å². The molecule has 0 aromatic heterocycles. The van der Waals surface area contributed by atoms with Gasteiger partial charge in [-0.25, -0.2) is 18.4 Å². The van der Waals surface area contributed by atoms with Crippen LogP contribution in [0, 0.1) is 0 Å². The maximum atomic E-state index is 12.0. The zero-order valence-electron chi connectivity index (χ0n) is 14.2. The number of hydrazine groups is 1. The molecule has 0 saturated carbocycles. The van der Waals surface area contributed by atoms with Crippen LogP contribution in [0.1, 0.15) is 23.6 Å². The minimum Gasteiger partial charge on any atom is -0.247 e. The largest absolute Gasteiger partial charge is 0.247 e. The van der Waals surface area contributed by atoms with Crippen molar-refractivity contribution in [3.8, 4) is 0 Å². The standard InChI is InChI=1S/C19H24N2O2S/c1-20(2)21(18-13-14-24(22,23)15-18)19(16-9-5-3-6-10-16)17-11-7-4-8-12-17/h3-12,18-19H,13-15H2,1-2H3/t18-/m1/s1. The fourth-order valence-corrected chi connectivity index (χ4v) is 5.22. The second kappa shape index (κ2) is 7.05. The van der Waals surface area contributed by atoms with Crippen LogP contribution in [0.5, 0.6) is 0 Å². The monoisotopic (exact) mass is 344 g/mol. The van der Waals surface area contributed by atoms with E-state index in [-0.39, 0.29) is 23.6 Å². The van der Waals surface area contributed by atoms with Crippen LogP contribution in [0.15, 0.2) is 60.7 Å². The highest BCUT2D eigenvalue weighted by Crippen LogP contribution is 2.33. The van der Waals surface area contributed by atoms with Crippen LogP contribution < -0.4 is 0 Å². The van der Waals surface area contributed by atoms with Crippen LogP contribution in [0.3, 0.4) is 0 Å². The molecule has 0 spiro atoms. The van der Waals surface area contributed by atoms with Crippen LogP contribution in [0.2, 0.25) is 0 Å². The summed E-state index contributed by atoms with van der Waals surface area (Å²) in [5.41, 5.74) is 2.34. The first-order valence-corrected chi connectivity index (χ1v) is 10.1. The Balaban J connectivity index is 2.05. The SMILES string of the molecule is CN(C)N(C(c1ccccc1)c1ccccc1)[C@@H]1CCS(=O)(=O)C1. The molecule has 0 aliphatic carbocycles. The fourth-order valence-electron chi connectivity index (χ4n) is 3.52. The lowest BCUT2D eigenvalue weighted by atomic mass is 9.96. The van der Waals surface area contributed by atoms with Gasteiger partial charge in [0.2, 0.25) is 0 Å². The molecule has 0 bridgehead atoms. The lowest BCUT2D eigenvalue weighted by molar-refractivity contribution is -0.0382. The third-order valence-corrected chi connectivity index (χ3v) is 6.29. The Hall–Kier alpha value is -1.69. The van der Waals surface area contributed by atoms with Crippen LogP contribution in [0.25, 0.3) is 0 Å². The number of nitrogens with zero attached hydrogens (tertiary/aromatic N) is 2. The van der Waals surface area contributed by atoms with Gasteiger partial charge in [0.25, 0.3) is 0 Å². The van der Waals surface area contributed by atoms with Gasteiger partial charge < -0.3 is 0 Å². The van der Waals surface area contributed by atoms with E-state index in [2.05, 4.69) is 29.3 Å². The van der Waals surface area contributed by atoms with E-state index in [1.807, 2.05) is 55.5 Å². The van der Waals surface area contributed by atoms with Crippen molar-refractivity contribution >= 4 is 9.84 Å². The van der Waals surface area contributed by atoms with Crippen molar-refractivity contribution in [2.24, 2.45) is 0 Å². The maximum Gasteiger partial charge on any atom is 0.151 e. The Labute approximate surface area is 144 Å². The maximum absolute atomic E-state index is 12.0. The van der Waals surface area contributed by atoms with Crippen molar-refractivity contribution in [2.45, 2.75) is 18.5 Å². The molecule has 1 saturated heterocycles. The molecule has 0 unspecified atom stereocenters. The predicted molar refractivity (Wildman–Crippen MR) is 97.3 cm³/mol. The molecule has 5 heteroatoms. The molecule has 1 fully saturated rings. The van der Waals surface area contributed by atoms with E-state index in [4.69, 9.17) is 0 Å². The molecule has 2 aromatic rings. The van der Waals surface area contributed by atoms with Gasteiger partial charge in [0.15, 0.2) is 9.84 Å². The van der Waals surface area contributed by atoms with Gasteiger partial charge in [-0.3, -0.25) is 0 Å². The van der Waals surface area contributed by atoms with E-state index in [9.17, 15) is 8.42 Å². The highest BCUT2D eigenvalue weighted by molar-refractivity contribution is 7.91. The van der Waals surface area contributed by atoms with Gasteiger partial charge in [-0.1, -0.05) is 60.7 Å². The summed E-state index contributed by atoms with van der Waals surface area (Å²) in [6.07, 6.45) is 0.677. The summed E-state index contributed by atoms with van der Waals surface area (Å²) in [5, 5.41) is 4.26. The topological polar surface area (TPSA) is 40.6 Å². The highest BCUT2D eigenvalue weighted by atomic mass is 32.2. The van der Waals surface area contributed by atoms with Gasteiger partial charge in [-0.2, -0.15) is 0 Å². The summed E-state index contributed by atoms with van der Waals surface area (Å²) in [6, 6.07) is 20.6. The van der Waals surface area contributed by atoms with Crippen LogP contribution >= 0.6 is 0 Å². The summed E-state index contributed by atoms with van der Waals surface area (Å²) in [6.45, 7) is 0. The first kappa shape index (κ1) is 17.1. The molecule has 2 aromatic carbocycles. The second-order valence-corrected chi connectivity index (χ2v) is 8.74. The van der Waals surface area contributed by atoms with Gasteiger partial charge >= 0.3 is 0 Å². The van der Waals surface area contributed by atoms with Crippen LogP contribution in [-0.2, 0) is 9.84 Å².